The number of ether oxygens (including phenoxy) is 1. The van der Waals surface area contributed by atoms with Gasteiger partial charge in [-0.05, 0) is 30.0 Å². The van der Waals surface area contributed by atoms with Crippen LogP contribution in [-0.4, -0.2) is 18.9 Å². The molecule has 0 saturated heterocycles. The Morgan fingerprint density at radius 3 is 2.68 bits per heavy atom. The van der Waals surface area contributed by atoms with E-state index in [1.54, 1.807) is 0 Å². The van der Waals surface area contributed by atoms with Crippen LogP contribution in [0, 0.1) is 6.92 Å². The van der Waals surface area contributed by atoms with E-state index in [9.17, 15) is 0 Å². The third-order valence-corrected chi connectivity index (χ3v) is 3.46. The summed E-state index contributed by atoms with van der Waals surface area (Å²) < 4.78 is 5.91. The Labute approximate surface area is 119 Å². The van der Waals surface area contributed by atoms with Crippen molar-refractivity contribution in [3.8, 4) is 5.75 Å². The molecule has 19 heavy (non-hydrogen) atoms. The van der Waals surface area contributed by atoms with Gasteiger partial charge in [-0.3, -0.25) is 0 Å². The minimum Gasteiger partial charge on any atom is -0.487 e. The number of nitrogens with one attached hydrogen (secondary N) is 2. The molecule has 1 aliphatic heterocycles. The molecule has 0 amide bonds. The summed E-state index contributed by atoms with van der Waals surface area (Å²) in [5.41, 5.74) is 8.70. The Morgan fingerprint density at radius 2 is 2.11 bits per heavy atom. The van der Waals surface area contributed by atoms with Gasteiger partial charge in [-0.15, -0.1) is 0 Å². The average Bonchev–Trinajstić information content (AvgIpc) is 2.81. The number of aryl methyl sites for hydroxylation is 1. The fraction of sp³-hybridized carbons (Fsp3) is 0.500. The van der Waals surface area contributed by atoms with Crippen molar-refractivity contribution in [2.45, 2.75) is 33.1 Å². The minimum absolute atomic E-state index is 0.0132. The van der Waals surface area contributed by atoms with Crippen molar-refractivity contribution in [1.82, 2.24) is 11.0 Å². The van der Waals surface area contributed by atoms with E-state index in [1.807, 2.05) is 19.1 Å². The van der Waals surface area contributed by atoms with Gasteiger partial charge in [0.05, 0.1) is 12.3 Å². The van der Waals surface area contributed by atoms with E-state index in [1.165, 1.54) is 0 Å². The molecule has 1 heterocycles. The van der Waals surface area contributed by atoms with E-state index >= 15 is 0 Å². The van der Waals surface area contributed by atoms with Crippen LogP contribution in [0.1, 0.15) is 31.9 Å². The third kappa shape index (κ3) is 3.39. The Balaban J connectivity index is 2.24. The maximum atomic E-state index is 6.22. The molecule has 0 spiro atoms. The Morgan fingerprint density at radius 1 is 1.37 bits per heavy atom. The molecule has 1 aromatic carbocycles. The lowest BCUT2D eigenvalue weighted by Gasteiger charge is -2.23. The predicted octanol–water partition coefficient (Wildman–Crippen LogP) is 2.79. The van der Waals surface area contributed by atoms with Gasteiger partial charge in [-0.1, -0.05) is 32.4 Å². The fourth-order valence-electron chi connectivity index (χ4n) is 1.90. The van der Waals surface area contributed by atoms with E-state index in [0.29, 0.717) is 13.2 Å². The van der Waals surface area contributed by atoms with Crippen molar-refractivity contribution >= 4 is 17.3 Å². The van der Waals surface area contributed by atoms with Crippen LogP contribution in [0.2, 0.25) is 5.02 Å². The largest absolute Gasteiger partial charge is 0.487 e. The van der Waals surface area contributed by atoms with Gasteiger partial charge < -0.3 is 4.74 Å². The molecular weight excluding hydrogens is 262 g/mol. The predicted molar refractivity (Wildman–Crippen MR) is 79.0 cm³/mol. The van der Waals surface area contributed by atoms with Crippen LogP contribution in [0.5, 0.6) is 5.75 Å². The van der Waals surface area contributed by atoms with Crippen LogP contribution in [0.4, 0.5) is 0 Å². The summed E-state index contributed by atoms with van der Waals surface area (Å²) in [6.07, 6.45) is 0. The number of hydrogen-bond acceptors (Lipinski definition) is 4. The molecule has 1 aliphatic rings. The highest BCUT2D eigenvalue weighted by Crippen LogP contribution is 2.35. The SMILES string of the molecule is Cc1cc(OCC2=NNNC2)c(C(C)(C)C)cc1Cl. The zero-order valence-electron chi connectivity index (χ0n) is 11.8. The summed E-state index contributed by atoms with van der Waals surface area (Å²) in [6.45, 7) is 9.62. The molecule has 5 heteroatoms. The van der Waals surface area contributed by atoms with Crippen LogP contribution in [-0.2, 0) is 5.41 Å². The first kappa shape index (κ1) is 14.2. The Bertz CT molecular complexity index is 506. The van der Waals surface area contributed by atoms with Gasteiger partial charge in [0.15, 0.2) is 0 Å². The monoisotopic (exact) mass is 281 g/mol. The third-order valence-electron chi connectivity index (χ3n) is 3.05. The van der Waals surface area contributed by atoms with Gasteiger partial charge in [0, 0.05) is 10.6 Å². The van der Waals surface area contributed by atoms with Gasteiger partial charge in [0.1, 0.15) is 12.4 Å². The summed E-state index contributed by atoms with van der Waals surface area (Å²) in [5, 5.41) is 4.86. The highest BCUT2D eigenvalue weighted by molar-refractivity contribution is 6.31. The van der Waals surface area contributed by atoms with Crippen molar-refractivity contribution in [2.24, 2.45) is 5.10 Å². The smallest absolute Gasteiger partial charge is 0.130 e. The molecule has 2 rings (SSSR count). The van der Waals surface area contributed by atoms with E-state index in [4.69, 9.17) is 16.3 Å². The Hall–Kier alpha value is -1.26. The molecule has 0 radical (unpaired) electrons. The number of rotatable bonds is 3. The molecule has 4 nitrogen and oxygen atoms in total. The molecule has 0 saturated carbocycles. The maximum Gasteiger partial charge on any atom is 0.130 e. The second-order valence-corrected chi connectivity index (χ2v) is 6.19. The molecule has 1 aromatic rings. The molecule has 0 aliphatic carbocycles. The summed E-state index contributed by atoms with van der Waals surface area (Å²) in [4.78, 5) is 0. The molecule has 0 fully saturated rings. The van der Waals surface area contributed by atoms with Crippen molar-refractivity contribution in [3.05, 3.63) is 28.3 Å². The van der Waals surface area contributed by atoms with E-state index in [0.717, 1.165) is 27.6 Å². The average molecular weight is 282 g/mol. The lowest BCUT2D eigenvalue weighted by molar-refractivity contribution is 0.362. The number of hydrazine groups is 1. The van der Waals surface area contributed by atoms with Gasteiger partial charge in [-0.2, -0.15) is 5.10 Å². The van der Waals surface area contributed by atoms with Gasteiger partial charge in [0.25, 0.3) is 0 Å². The van der Waals surface area contributed by atoms with E-state index in [2.05, 4.69) is 36.8 Å². The van der Waals surface area contributed by atoms with Crippen LogP contribution < -0.4 is 15.7 Å². The summed E-state index contributed by atoms with van der Waals surface area (Å²) in [6, 6.07) is 4.00. The van der Waals surface area contributed by atoms with Crippen LogP contribution in [0.15, 0.2) is 17.2 Å². The number of halogens is 1. The molecule has 0 aromatic heterocycles. The number of hydrazone groups is 1. The first-order valence-electron chi connectivity index (χ1n) is 6.34. The number of nitrogens with zero attached hydrogens (tertiary/aromatic N) is 1. The quantitative estimate of drug-likeness (QED) is 0.895. The highest BCUT2D eigenvalue weighted by Gasteiger charge is 2.21. The molecular formula is C14H20ClN3O. The van der Waals surface area contributed by atoms with Gasteiger partial charge in [-0.25, -0.2) is 11.0 Å². The molecule has 0 bridgehead atoms. The molecule has 0 unspecified atom stereocenters. The van der Waals surface area contributed by atoms with Crippen LogP contribution in [0.25, 0.3) is 0 Å². The van der Waals surface area contributed by atoms with Crippen molar-refractivity contribution in [3.63, 3.8) is 0 Å². The van der Waals surface area contributed by atoms with E-state index in [-0.39, 0.29) is 5.41 Å². The van der Waals surface area contributed by atoms with Gasteiger partial charge in [0.2, 0.25) is 0 Å². The molecule has 2 N–H and O–H groups in total. The summed E-state index contributed by atoms with van der Waals surface area (Å²) in [5.74, 6) is 0.879. The zero-order chi connectivity index (χ0) is 14.0. The summed E-state index contributed by atoms with van der Waals surface area (Å²) >= 11 is 6.22. The topological polar surface area (TPSA) is 45.6 Å². The molecule has 104 valence electrons. The minimum atomic E-state index is -0.0132. The lowest BCUT2D eigenvalue weighted by Crippen LogP contribution is -2.24. The fourth-order valence-corrected chi connectivity index (χ4v) is 2.07. The maximum absolute atomic E-state index is 6.22. The van der Waals surface area contributed by atoms with Crippen molar-refractivity contribution in [2.75, 3.05) is 13.2 Å². The first-order chi connectivity index (χ1) is 8.88. The van der Waals surface area contributed by atoms with Crippen molar-refractivity contribution < 1.29 is 4.74 Å². The van der Waals surface area contributed by atoms with Crippen molar-refractivity contribution in [1.29, 1.82) is 0 Å². The van der Waals surface area contributed by atoms with E-state index < -0.39 is 0 Å². The van der Waals surface area contributed by atoms with Crippen LogP contribution >= 0.6 is 11.6 Å². The lowest BCUT2D eigenvalue weighted by atomic mass is 9.86. The van der Waals surface area contributed by atoms with Gasteiger partial charge >= 0.3 is 0 Å². The number of benzene rings is 1. The summed E-state index contributed by atoms with van der Waals surface area (Å²) in [7, 11) is 0. The molecule has 0 atom stereocenters. The first-order valence-corrected chi connectivity index (χ1v) is 6.72. The zero-order valence-corrected chi connectivity index (χ0v) is 12.6. The standard InChI is InChI=1S/C14H20ClN3O/c1-9-5-13(19-8-10-7-16-18-17-10)11(6-12(9)15)14(2,3)4/h5-6,16,18H,7-8H2,1-4H3. The normalized spacial score (nSPS) is 15.1. The second kappa shape index (κ2) is 5.39. The Kier molecular flexibility index (Phi) is 4.02. The second-order valence-electron chi connectivity index (χ2n) is 5.78. The van der Waals surface area contributed by atoms with Crippen LogP contribution in [0.3, 0.4) is 0 Å². The highest BCUT2D eigenvalue weighted by atomic mass is 35.5. The number of hydrogen-bond donors (Lipinski definition) is 2.